The van der Waals surface area contributed by atoms with Gasteiger partial charge in [0.1, 0.15) is 17.4 Å². The fourth-order valence-corrected chi connectivity index (χ4v) is 6.94. The van der Waals surface area contributed by atoms with Crippen LogP contribution in [0.15, 0.2) is 60.8 Å². The van der Waals surface area contributed by atoms with Gasteiger partial charge in [-0.05, 0) is 99.2 Å². The summed E-state index contributed by atoms with van der Waals surface area (Å²) in [4.78, 5) is 30.9. The number of carbonyl (C=O) groups is 2. The number of aromatic nitrogens is 3. The summed E-state index contributed by atoms with van der Waals surface area (Å²) in [7, 11) is 0. The maximum atomic E-state index is 12.4. The van der Waals surface area contributed by atoms with Gasteiger partial charge in [0.15, 0.2) is 5.82 Å². The van der Waals surface area contributed by atoms with Gasteiger partial charge in [-0.1, -0.05) is 44.2 Å². The molecule has 0 unspecified atom stereocenters. The fraction of sp³-hybridized carbons (Fsp3) is 0.405. The molecule has 9 heteroatoms. The van der Waals surface area contributed by atoms with Gasteiger partial charge in [0, 0.05) is 24.2 Å². The molecule has 1 atom stereocenters. The highest BCUT2D eigenvalue weighted by Gasteiger charge is 2.30. The molecule has 2 aromatic heterocycles. The van der Waals surface area contributed by atoms with Crippen LogP contribution in [-0.4, -0.2) is 56.0 Å². The first-order valence-corrected chi connectivity index (χ1v) is 16.4. The summed E-state index contributed by atoms with van der Waals surface area (Å²) in [6.45, 7) is 9.27. The van der Waals surface area contributed by atoms with E-state index in [1.807, 2.05) is 43.9 Å². The number of fused-ring (bicyclic) bond motifs is 1. The molecule has 1 N–H and O–H groups in total. The zero-order valence-corrected chi connectivity index (χ0v) is 27.0. The second-order valence-electron chi connectivity index (χ2n) is 12.4. The molecule has 1 amide bonds. The van der Waals surface area contributed by atoms with Gasteiger partial charge < -0.3 is 19.5 Å². The second-order valence-corrected chi connectivity index (χ2v) is 12.4. The van der Waals surface area contributed by atoms with Crippen molar-refractivity contribution in [2.75, 3.05) is 13.1 Å². The standard InChI is InChI=1S/C37H42N4O5/c1-5-24-21-27(14-15-28(24)25-17-19-40(20-18-25)37(44)45-23(3)4)46-33-16-13-26-9-7-10-29(35(26)33)31-11-8-12-34(39-31)41-32(6-2)30(22-38-41)36(42)43/h7-12,14-15,21-23,25,33H,5-6,13,16-20H2,1-4H3,(H,42,43)/t33-/m0/s1. The summed E-state index contributed by atoms with van der Waals surface area (Å²) in [6, 6.07) is 18.6. The number of hydrogen-bond acceptors (Lipinski definition) is 6. The highest BCUT2D eigenvalue weighted by atomic mass is 16.6. The zero-order chi connectivity index (χ0) is 32.4. The number of carboxylic acids is 1. The van der Waals surface area contributed by atoms with E-state index < -0.39 is 5.97 Å². The number of nitrogens with zero attached hydrogens (tertiary/aromatic N) is 4. The lowest BCUT2D eigenvalue weighted by Crippen LogP contribution is -2.39. The number of aromatic carboxylic acids is 1. The van der Waals surface area contributed by atoms with E-state index in [1.165, 1.54) is 22.9 Å². The van der Waals surface area contributed by atoms with Crippen molar-refractivity contribution < 1.29 is 24.2 Å². The monoisotopic (exact) mass is 622 g/mol. The van der Waals surface area contributed by atoms with Crippen molar-refractivity contribution in [1.29, 1.82) is 0 Å². The largest absolute Gasteiger partial charge is 0.486 e. The first-order valence-electron chi connectivity index (χ1n) is 16.4. The highest BCUT2D eigenvalue weighted by Crippen LogP contribution is 2.42. The van der Waals surface area contributed by atoms with E-state index in [0.29, 0.717) is 36.9 Å². The van der Waals surface area contributed by atoms with Crippen molar-refractivity contribution in [2.24, 2.45) is 0 Å². The molecule has 0 radical (unpaired) electrons. The van der Waals surface area contributed by atoms with Crippen LogP contribution in [0.5, 0.6) is 5.75 Å². The van der Waals surface area contributed by atoms with Crippen LogP contribution in [0.2, 0.25) is 0 Å². The molecule has 0 bridgehead atoms. The van der Waals surface area contributed by atoms with Crippen molar-refractivity contribution in [1.82, 2.24) is 19.7 Å². The van der Waals surface area contributed by atoms with Crippen LogP contribution in [0.3, 0.4) is 0 Å². The van der Waals surface area contributed by atoms with Gasteiger partial charge >= 0.3 is 12.1 Å². The number of carboxylic acid groups (broad SMARTS) is 1. The zero-order valence-electron chi connectivity index (χ0n) is 27.0. The van der Waals surface area contributed by atoms with Crippen LogP contribution in [0, 0.1) is 0 Å². The minimum absolute atomic E-state index is 0.112. The third-order valence-corrected chi connectivity index (χ3v) is 9.16. The van der Waals surface area contributed by atoms with Crippen molar-refractivity contribution in [3.8, 4) is 22.8 Å². The molecule has 2 aliphatic rings. The lowest BCUT2D eigenvalue weighted by atomic mass is 9.86. The Morgan fingerprint density at radius 2 is 1.78 bits per heavy atom. The second kappa shape index (κ2) is 13.4. The Morgan fingerprint density at radius 1 is 1.00 bits per heavy atom. The van der Waals surface area contributed by atoms with E-state index >= 15 is 0 Å². The molecule has 3 heterocycles. The summed E-state index contributed by atoms with van der Waals surface area (Å²) in [5.74, 6) is 0.853. The highest BCUT2D eigenvalue weighted by molar-refractivity contribution is 5.88. The maximum absolute atomic E-state index is 12.4. The number of hydrogen-bond donors (Lipinski definition) is 1. The van der Waals surface area contributed by atoms with Gasteiger partial charge in [0.25, 0.3) is 0 Å². The van der Waals surface area contributed by atoms with Crippen LogP contribution < -0.4 is 4.74 Å². The molecule has 240 valence electrons. The lowest BCUT2D eigenvalue weighted by Gasteiger charge is -2.33. The average Bonchev–Trinajstić information content (AvgIpc) is 3.69. The van der Waals surface area contributed by atoms with E-state index in [9.17, 15) is 14.7 Å². The third-order valence-electron chi connectivity index (χ3n) is 9.16. The normalized spacial score (nSPS) is 16.5. The minimum Gasteiger partial charge on any atom is -0.486 e. The Hall–Kier alpha value is -4.66. The number of pyridine rings is 1. The fourth-order valence-electron chi connectivity index (χ4n) is 6.94. The Labute approximate surface area is 270 Å². The number of ether oxygens (including phenoxy) is 2. The van der Waals surface area contributed by atoms with Crippen molar-refractivity contribution >= 4 is 12.1 Å². The first kappa shape index (κ1) is 31.3. The van der Waals surface area contributed by atoms with Gasteiger partial charge in [-0.15, -0.1) is 0 Å². The van der Waals surface area contributed by atoms with Crippen molar-refractivity contribution in [3.63, 3.8) is 0 Å². The number of carbonyl (C=O) groups excluding carboxylic acids is 1. The molecule has 1 fully saturated rings. The van der Waals surface area contributed by atoms with Gasteiger partial charge in [-0.3, -0.25) is 0 Å². The quantitative estimate of drug-likeness (QED) is 0.205. The summed E-state index contributed by atoms with van der Waals surface area (Å²) in [5, 5.41) is 14.0. The molecule has 4 aromatic rings. The predicted octanol–water partition coefficient (Wildman–Crippen LogP) is 7.55. The van der Waals surface area contributed by atoms with Gasteiger partial charge in [-0.2, -0.15) is 5.10 Å². The van der Waals surface area contributed by atoms with Crippen LogP contribution in [0.25, 0.3) is 17.1 Å². The first-order chi connectivity index (χ1) is 22.3. The third kappa shape index (κ3) is 6.23. The van der Waals surface area contributed by atoms with Gasteiger partial charge in [0.2, 0.25) is 0 Å². The van der Waals surface area contributed by atoms with Crippen molar-refractivity contribution in [3.05, 3.63) is 94.3 Å². The number of amides is 1. The summed E-state index contributed by atoms with van der Waals surface area (Å²) in [5.41, 5.74) is 7.66. The molecule has 6 rings (SSSR count). The molecular formula is C37H42N4O5. The molecule has 1 aliphatic heterocycles. The van der Waals surface area contributed by atoms with E-state index in [0.717, 1.165) is 54.7 Å². The number of benzene rings is 2. The molecule has 0 saturated carbocycles. The number of aryl methyl sites for hydroxylation is 2. The number of rotatable bonds is 9. The van der Waals surface area contributed by atoms with E-state index in [4.69, 9.17) is 14.5 Å². The van der Waals surface area contributed by atoms with Crippen LogP contribution in [-0.2, 0) is 24.0 Å². The molecule has 1 saturated heterocycles. The maximum Gasteiger partial charge on any atom is 0.410 e. The van der Waals surface area contributed by atoms with E-state index in [-0.39, 0.29) is 23.9 Å². The lowest BCUT2D eigenvalue weighted by molar-refractivity contribution is 0.0683. The Balaban J connectivity index is 1.22. The average molecular weight is 623 g/mol. The summed E-state index contributed by atoms with van der Waals surface area (Å²) < 4.78 is 13.8. The Kier molecular flexibility index (Phi) is 9.10. The Morgan fingerprint density at radius 3 is 2.50 bits per heavy atom. The SMILES string of the molecule is CCc1cc(O[C@H]2CCc3cccc(-c4cccc(-n5ncc(C(=O)O)c5CC)n4)c32)ccc1C1CCN(C(=O)OC(C)C)CC1. The molecular weight excluding hydrogens is 580 g/mol. The molecule has 46 heavy (non-hydrogen) atoms. The summed E-state index contributed by atoms with van der Waals surface area (Å²) in [6.07, 6.45) is 6.01. The molecule has 1 aliphatic carbocycles. The molecule has 2 aromatic carbocycles. The smallest absolute Gasteiger partial charge is 0.410 e. The Bertz CT molecular complexity index is 1740. The van der Waals surface area contributed by atoms with E-state index in [1.54, 1.807) is 4.68 Å². The molecule has 9 nitrogen and oxygen atoms in total. The minimum atomic E-state index is -0.992. The molecule has 0 spiro atoms. The topological polar surface area (TPSA) is 107 Å². The van der Waals surface area contributed by atoms with Gasteiger partial charge in [-0.25, -0.2) is 19.3 Å². The number of piperidine rings is 1. The number of likely N-dealkylation sites (tertiary alicyclic amines) is 1. The van der Waals surface area contributed by atoms with Crippen LogP contribution >= 0.6 is 0 Å². The predicted molar refractivity (Wildman–Crippen MR) is 176 cm³/mol. The van der Waals surface area contributed by atoms with Crippen molar-refractivity contribution in [2.45, 2.75) is 84.3 Å². The van der Waals surface area contributed by atoms with E-state index in [2.05, 4.69) is 48.4 Å². The van der Waals surface area contributed by atoms with Crippen LogP contribution in [0.4, 0.5) is 4.79 Å². The van der Waals surface area contributed by atoms with Gasteiger partial charge in [0.05, 0.1) is 23.7 Å². The summed E-state index contributed by atoms with van der Waals surface area (Å²) >= 11 is 0. The van der Waals surface area contributed by atoms with Crippen LogP contribution in [0.1, 0.15) is 97.3 Å².